The molecule has 0 saturated heterocycles. The standard InChI is InChI=1S/C20H41NO2/c1-14(21-16(22)17(3,4)5)13-15(2)23-20(11,12)19(9,10)18(6,7)8/h14-15H,13H2,1-12H3,(H,21,22). The van der Waals surface area contributed by atoms with Crippen molar-refractivity contribution < 1.29 is 9.53 Å². The minimum atomic E-state index is -0.355. The van der Waals surface area contributed by atoms with E-state index in [0.29, 0.717) is 0 Å². The summed E-state index contributed by atoms with van der Waals surface area (Å²) in [7, 11) is 0. The second-order valence-corrected chi connectivity index (χ2v) is 10.2. The van der Waals surface area contributed by atoms with Crippen LogP contribution in [0.25, 0.3) is 0 Å². The number of nitrogens with one attached hydrogen (secondary N) is 1. The molecule has 138 valence electrons. The molecule has 0 radical (unpaired) electrons. The van der Waals surface area contributed by atoms with Crippen LogP contribution >= 0.6 is 0 Å². The van der Waals surface area contributed by atoms with Crippen LogP contribution in [0.15, 0.2) is 0 Å². The lowest BCUT2D eigenvalue weighted by Crippen LogP contribution is -2.51. The van der Waals surface area contributed by atoms with Crippen LogP contribution in [0.4, 0.5) is 0 Å². The van der Waals surface area contributed by atoms with Gasteiger partial charge in [-0.05, 0) is 44.9 Å². The third kappa shape index (κ3) is 6.10. The number of carbonyl (C=O) groups is 1. The van der Waals surface area contributed by atoms with Gasteiger partial charge in [0.2, 0.25) is 5.91 Å². The van der Waals surface area contributed by atoms with Gasteiger partial charge >= 0.3 is 0 Å². The number of amides is 1. The van der Waals surface area contributed by atoms with E-state index in [0.717, 1.165) is 6.42 Å². The van der Waals surface area contributed by atoms with Gasteiger partial charge in [-0.25, -0.2) is 0 Å². The molecule has 0 bridgehead atoms. The van der Waals surface area contributed by atoms with Crippen molar-refractivity contribution in [2.75, 3.05) is 0 Å². The molecule has 3 nitrogen and oxygen atoms in total. The van der Waals surface area contributed by atoms with Gasteiger partial charge < -0.3 is 10.1 Å². The molecule has 2 atom stereocenters. The third-order valence-electron chi connectivity index (χ3n) is 5.62. The molecule has 0 aromatic carbocycles. The molecule has 0 aliphatic heterocycles. The molecule has 0 aromatic heterocycles. The number of rotatable bonds is 6. The van der Waals surface area contributed by atoms with E-state index in [1.165, 1.54) is 0 Å². The summed E-state index contributed by atoms with van der Waals surface area (Å²) in [6.45, 7) is 25.6. The SMILES string of the molecule is CC(CC(C)OC(C)(C)C(C)(C)C(C)(C)C)NC(=O)C(C)(C)C. The van der Waals surface area contributed by atoms with Crippen molar-refractivity contribution in [2.45, 2.75) is 107 Å². The Hall–Kier alpha value is -0.570. The molecule has 0 aliphatic rings. The maximum Gasteiger partial charge on any atom is 0.225 e. The molecule has 1 N–H and O–H groups in total. The number of hydrogen-bond acceptors (Lipinski definition) is 2. The maximum absolute atomic E-state index is 12.1. The van der Waals surface area contributed by atoms with Gasteiger partial charge in [0.05, 0.1) is 11.7 Å². The summed E-state index contributed by atoms with van der Waals surface area (Å²) in [4.78, 5) is 12.1. The van der Waals surface area contributed by atoms with Crippen LogP contribution < -0.4 is 5.32 Å². The van der Waals surface area contributed by atoms with Crippen LogP contribution in [0.2, 0.25) is 0 Å². The Labute approximate surface area is 144 Å². The first-order valence-electron chi connectivity index (χ1n) is 8.90. The fourth-order valence-corrected chi connectivity index (χ4v) is 2.60. The van der Waals surface area contributed by atoms with Gasteiger partial charge in [0.25, 0.3) is 0 Å². The Bertz CT molecular complexity index is 397. The van der Waals surface area contributed by atoms with Gasteiger partial charge in [0.1, 0.15) is 0 Å². The lowest BCUT2D eigenvalue weighted by atomic mass is 9.61. The molecule has 0 heterocycles. The van der Waals surface area contributed by atoms with Crippen LogP contribution in [-0.4, -0.2) is 23.7 Å². The minimum absolute atomic E-state index is 0.0200. The predicted octanol–water partition coefficient (Wildman–Crippen LogP) is 5.18. The maximum atomic E-state index is 12.1. The molecule has 23 heavy (non-hydrogen) atoms. The van der Waals surface area contributed by atoms with Crippen LogP contribution in [0.5, 0.6) is 0 Å². The molecule has 0 saturated carbocycles. The second-order valence-electron chi connectivity index (χ2n) is 10.2. The van der Waals surface area contributed by atoms with Gasteiger partial charge in [-0.2, -0.15) is 0 Å². The van der Waals surface area contributed by atoms with E-state index in [2.05, 4.69) is 60.7 Å². The average molecular weight is 328 g/mol. The molecule has 3 heteroatoms. The second kappa shape index (κ2) is 7.13. The summed E-state index contributed by atoms with van der Waals surface area (Å²) in [5.41, 5.74) is -0.446. The Morgan fingerprint density at radius 1 is 0.913 bits per heavy atom. The van der Waals surface area contributed by atoms with Crippen molar-refractivity contribution >= 4 is 5.91 Å². The Kier molecular flexibility index (Phi) is 6.95. The highest BCUT2D eigenvalue weighted by Gasteiger charge is 2.47. The largest absolute Gasteiger partial charge is 0.372 e. The molecule has 0 spiro atoms. The Morgan fingerprint density at radius 3 is 1.70 bits per heavy atom. The molecule has 0 aromatic rings. The number of carbonyl (C=O) groups excluding carboxylic acids is 1. The predicted molar refractivity (Wildman–Crippen MR) is 99.5 cm³/mol. The summed E-state index contributed by atoms with van der Waals surface area (Å²) in [6, 6.07) is 0.102. The van der Waals surface area contributed by atoms with Gasteiger partial charge in [-0.15, -0.1) is 0 Å². The van der Waals surface area contributed by atoms with Crippen molar-refractivity contribution in [3.63, 3.8) is 0 Å². The van der Waals surface area contributed by atoms with E-state index >= 15 is 0 Å². The molecule has 0 rings (SSSR count). The zero-order chi connectivity index (χ0) is 18.9. The van der Waals surface area contributed by atoms with Crippen LogP contribution in [-0.2, 0) is 9.53 Å². The normalized spacial score (nSPS) is 16.9. The molecule has 2 unspecified atom stereocenters. The first-order valence-corrected chi connectivity index (χ1v) is 8.90. The molecule has 1 amide bonds. The molecular formula is C20H41NO2. The van der Waals surface area contributed by atoms with E-state index in [4.69, 9.17) is 4.74 Å². The van der Waals surface area contributed by atoms with Crippen molar-refractivity contribution in [3.05, 3.63) is 0 Å². The van der Waals surface area contributed by atoms with Gasteiger partial charge in [-0.3, -0.25) is 4.79 Å². The summed E-state index contributed by atoms with van der Waals surface area (Å²) >= 11 is 0. The topological polar surface area (TPSA) is 38.3 Å². The highest BCUT2D eigenvalue weighted by molar-refractivity contribution is 5.81. The quantitative estimate of drug-likeness (QED) is 0.729. The van der Waals surface area contributed by atoms with Gasteiger partial charge in [0, 0.05) is 11.5 Å². The van der Waals surface area contributed by atoms with Crippen LogP contribution in [0.3, 0.4) is 0 Å². The minimum Gasteiger partial charge on any atom is -0.372 e. The Balaban J connectivity index is 4.77. The zero-order valence-electron chi connectivity index (χ0n) is 17.7. The van der Waals surface area contributed by atoms with Gasteiger partial charge in [0.15, 0.2) is 0 Å². The summed E-state index contributed by atoms with van der Waals surface area (Å²) in [5, 5.41) is 3.09. The average Bonchev–Trinajstić information content (AvgIpc) is 2.23. The van der Waals surface area contributed by atoms with E-state index in [-0.39, 0.29) is 39.9 Å². The molecular weight excluding hydrogens is 286 g/mol. The van der Waals surface area contributed by atoms with E-state index in [1.807, 2.05) is 27.7 Å². The first kappa shape index (κ1) is 22.4. The fraction of sp³-hybridized carbons (Fsp3) is 0.950. The smallest absolute Gasteiger partial charge is 0.225 e. The van der Waals surface area contributed by atoms with Crippen molar-refractivity contribution in [2.24, 2.45) is 16.2 Å². The van der Waals surface area contributed by atoms with E-state index < -0.39 is 0 Å². The lowest BCUT2D eigenvalue weighted by molar-refractivity contribution is -0.167. The summed E-state index contributed by atoms with van der Waals surface area (Å²) in [6.07, 6.45) is 0.896. The number of ether oxygens (including phenoxy) is 1. The highest BCUT2D eigenvalue weighted by atomic mass is 16.5. The monoisotopic (exact) mass is 327 g/mol. The molecule has 0 fully saturated rings. The van der Waals surface area contributed by atoms with Gasteiger partial charge in [-0.1, -0.05) is 55.4 Å². The summed E-state index contributed by atoms with van der Waals surface area (Å²) < 4.78 is 6.42. The lowest BCUT2D eigenvalue weighted by Gasteiger charge is -2.51. The van der Waals surface area contributed by atoms with Crippen LogP contribution in [0.1, 0.15) is 89.5 Å². The van der Waals surface area contributed by atoms with E-state index in [1.54, 1.807) is 0 Å². The number of hydrogen-bond donors (Lipinski definition) is 1. The van der Waals surface area contributed by atoms with Crippen molar-refractivity contribution in [3.8, 4) is 0 Å². The first-order chi connectivity index (χ1) is 9.92. The van der Waals surface area contributed by atoms with E-state index in [9.17, 15) is 4.79 Å². The molecule has 0 aliphatic carbocycles. The Morgan fingerprint density at radius 2 is 1.35 bits per heavy atom. The zero-order valence-corrected chi connectivity index (χ0v) is 17.7. The van der Waals surface area contributed by atoms with Crippen LogP contribution in [0, 0.1) is 16.2 Å². The highest BCUT2D eigenvalue weighted by Crippen LogP contribution is 2.48. The summed E-state index contributed by atoms with van der Waals surface area (Å²) in [5.74, 6) is 0.0893. The fourth-order valence-electron chi connectivity index (χ4n) is 2.60. The van der Waals surface area contributed by atoms with Crippen molar-refractivity contribution in [1.29, 1.82) is 0 Å². The van der Waals surface area contributed by atoms with Crippen molar-refractivity contribution in [1.82, 2.24) is 5.32 Å². The third-order valence-corrected chi connectivity index (χ3v) is 5.62.